The predicted molar refractivity (Wildman–Crippen MR) is 84.4 cm³/mol. The highest BCUT2D eigenvalue weighted by Crippen LogP contribution is 2.30. The number of carboxylic acid groups (broad SMARTS) is 1. The van der Waals surface area contributed by atoms with Crippen molar-refractivity contribution in [2.75, 3.05) is 13.2 Å². The molecule has 0 amide bonds. The number of nitrogens with one attached hydrogen (secondary N) is 1. The molecule has 8 nitrogen and oxygen atoms in total. The summed E-state index contributed by atoms with van der Waals surface area (Å²) in [5, 5.41) is 20.4. The second kappa shape index (κ2) is 6.61. The van der Waals surface area contributed by atoms with Crippen LogP contribution in [-0.4, -0.2) is 38.7 Å². The van der Waals surface area contributed by atoms with Crippen molar-refractivity contribution in [1.29, 1.82) is 0 Å². The van der Waals surface area contributed by atoms with E-state index < -0.39 is 33.4 Å². The molecule has 0 aromatic heterocycles. The first-order chi connectivity index (χ1) is 11.9. The maximum absolute atomic E-state index is 12.3. The number of carbonyl (C=O) groups is 1. The Morgan fingerprint density at radius 3 is 2.68 bits per heavy atom. The van der Waals surface area contributed by atoms with Crippen LogP contribution in [0, 0.1) is 0 Å². The average molecular weight is 364 g/mol. The topological polar surface area (TPSA) is 125 Å². The molecule has 0 bridgehead atoms. The number of ether oxygens (including phenoxy) is 2. The highest BCUT2D eigenvalue weighted by atomic mass is 32.2. The summed E-state index contributed by atoms with van der Waals surface area (Å²) >= 11 is 0. The Bertz CT molecular complexity index is 910. The summed E-state index contributed by atoms with van der Waals surface area (Å²) in [4.78, 5) is 10.7. The Labute approximate surface area is 143 Å². The Hall–Kier alpha value is -2.78. The normalized spacial score (nSPS) is 16.4. The van der Waals surface area contributed by atoms with E-state index in [0.717, 1.165) is 18.2 Å². The molecule has 0 unspecified atom stereocenters. The van der Waals surface area contributed by atoms with Crippen LogP contribution in [0.2, 0.25) is 0 Å². The van der Waals surface area contributed by atoms with E-state index in [2.05, 4.69) is 4.72 Å². The Kier molecular flexibility index (Phi) is 4.51. The van der Waals surface area contributed by atoms with Gasteiger partial charge in [0.15, 0.2) is 11.5 Å². The monoisotopic (exact) mass is 364 g/mol. The molecule has 0 saturated carbocycles. The van der Waals surface area contributed by atoms with Gasteiger partial charge in [0, 0.05) is 0 Å². The molecule has 0 spiro atoms. The van der Waals surface area contributed by atoms with E-state index in [-0.39, 0.29) is 18.0 Å². The number of hydrogen-bond donors (Lipinski definition) is 2. The first kappa shape index (κ1) is 17.1. The van der Waals surface area contributed by atoms with E-state index in [1.54, 1.807) is 24.3 Å². The number of benzene rings is 2. The molecule has 0 aliphatic carbocycles. The van der Waals surface area contributed by atoms with E-state index in [4.69, 9.17) is 14.6 Å². The van der Waals surface area contributed by atoms with Crippen molar-refractivity contribution in [2.24, 2.45) is 0 Å². The third kappa shape index (κ3) is 3.67. The molecule has 0 saturated heterocycles. The van der Waals surface area contributed by atoms with Gasteiger partial charge < -0.3 is 19.7 Å². The van der Waals surface area contributed by atoms with Gasteiger partial charge in [-0.2, -0.15) is 0 Å². The molecule has 2 N–H and O–H groups in total. The minimum Gasteiger partial charge on any atom is -0.872 e. The van der Waals surface area contributed by atoms with Crippen LogP contribution < -0.4 is 19.3 Å². The van der Waals surface area contributed by atoms with E-state index >= 15 is 0 Å². The number of aromatic carboxylic acids is 1. The van der Waals surface area contributed by atoms with Gasteiger partial charge in [-0.15, -0.1) is 0 Å². The molecular formula is C16H14NO7S-. The molecule has 0 radical (unpaired) electrons. The largest absolute Gasteiger partial charge is 0.872 e. The molecule has 2 aromatic carbocycles. The van der Waals surface area contributed by atoms with Gasteiger partial charge in [0.2, 0.25) is 10.0 Å². The fraction of sp³-hybridized carbons (Fsp3) is 0.188. The summed E-state index contributed by atoms with van der Waals surface area (Å²) in [6, 6.07) is 9.83. The lowest BCUT2D eigenvalue weighted by Crippen LogP contribution is -2.40. The second-order valence-corrected chi connectivity index (χ2v) is 7.08. The Balaban J connectivity index is 1.71. The summed E-state index contributed by atoms with van der Waals surface area (Å²) in [6.07, 6.45) is -0.539. The van der Waals surface area contributed by atoms with Crippen molar-refractivity contribution in [3.8, 4) is 17.2 Å². The first-order valence-electron chi connectivity index (χ1n) is 7.29. The van der Waals surface area contributed by atoms with Gasteiger partial charge in [0.25, 0.3) is 0 Å². The summed E-state index contributed by atoms with van der Waals surface area (Å²) in [7, 11) is -4.00. The second-order valence-electron chi connectivity index (χ2n) is 5.31. The lowest BCUT2D eigenvalue weighted by molar-refractivity contribution is -0.268. The number of carboxylic acids is 1. The van der Waals surface area contributed by atoms with Crippen LogP contribution in [0.3, 0.4) is 0 Å². The minimum atomic E-state index is -4.00. The van der Waals surface area contributed by atoms with Crippen molar-refractivity contribution < 1.29 is 32.9 Å². The SMILES string of the molecule is O=C(O)c1cc(S(=O)(=O)NC[C@@H]2COc3ccccc3O2)ccc1[O-]. The zero-order valence-corrected chi connectivity index (χ0v) is 13.7. The van der Waals surface area contributed by atoms with Crippen molar-refractivity contribution in [2.45, 2.75) is 11.0 Å². The van der Waals surface area contributed by atoms with E-state index in [9.17, 15) is 18.3 Å². The molecule has 1 aliphatic heterocycles. The molecule has 9 heteroatoms. The van der Waals surface area contributed by atoms with Crippen LogP contribution >= 0.6 is 0 Å². The third-order valence-corrected chi connectivity index (χ3v) is 4.98. The molecule has 25 heavy (non-hydrogen) atoms. The zero-order valence-electron chi connectivity index (χ0n) is 12.8. The molecule has 1 aliphatic rings. The quantitative estimate of drug-likeness (QED) is 0.795. The minimum absolute atomic E-state index is 0.0712. The van der Waals surface area contributed by atoms with Gasteiger partial charge in [-0.05, 0) is 24.3 Å². The Morgan fingerprint density at radius 2 is 1.96 bits per heavy atom. The van der Waals surface area contributed by atoms with Gasteiger partial charge >= 0.3 is 5.97 Å². The standard InChI is InChI=1S/C16H15NO7S/c18-13-6-5-11(7-12(13)16(19)20)25(21,22)17-8-10-9-23-14-3-1-2-4-15(14)24-10/h1-7,10,17-18H,8-9H2,(H,19,20)/p-1/t10-/m1/s1. The van der Waals surface area contributed by atoms with Gasteiger partial charge in [-0.1, -0.05) is 23.9 Å². The van der Waals surface area contributed by atoms with Crippen LogP contribution in [0.1, 0.15) is 10.4 Å². The Morgan fingerprint density at radius 1 is 1.24 bits per heavy atom. The highest BCUT2D eigenvalue weighted by Gasteiger charge is 2.24. The lowest BCUT2D eigenvalue weighted by Gasteiger charge is -2.26. The van der Waals surface area contributed by atoms with Crippen LogP contribution in [0.5, 0.6) is 17.2 Å². The van der Waals surface area contributed by atoms with Crippen molar-refractivity contribution >= 4 is 16.0 Å². The van der Waals surface area contributed by atoms with Gasteiger partial charge in [-0.25, -0.2) is 17.9 Å². The maximum Gasteiger partial charge on any atom is 0.335 e. The highest BCUT2D eigenvalue weighted by molar-refractivity contribution is 7.89. The molecule has 3 rings (SSSR count). The third-order valence-electron chi connectivity index (χ3n) is 3.56. The fourth-order valence-electron chi connectivity index (χ4n) is 2.29. The molecule has 0 fully saturated rings. The van der Waals surface area contributed by atoms with E-state index in [1.807, 2.05) is 0 Å². The molecule has 132 valence electrons. The molecular weight excluding hydrogens is 350 g/mol. The number of rotatable bonds is 5. The van der Waals surface area contributed by atoms with Gasteiger partial charge in [0.05, 0.1) is 17.0 Å². The molecule has 1 atom stereocenters. The number of sulfonamides is 1. The number of para-hydroxylation sites is 2. The van der Waals surface area contributed by atoms with E-state index in [1.165, 1.54) is 0 Å². The summed E-state index contributed by atoms with van der Waals surface area (Å²) in [6.45, 7) is 0.0948. The van der Waals surface area contributed by atoms with Crippen molar-refractivity contribution in [1.82, 2.24) is 4.72 Å². The fourth-order valence-corrected chi connectivity index (χ4v) is 3.39. The zero-order chi connectivity index (χ0) is 18.0. The lowest BCUT2D eigenvalue weighted by atomic mass is 10.2. The smallest absolute Gasteiger partial charge is 0.335 e. The van der Waals surface area contributed by atoms with Gasteiger partial charge in [-0.3, -0.25) is 0 Å². The summed E-state index contributed by atoms with van der Waals surface area (Å²) in [5.41, 5.74) is -0.603. The first-order valence-corrected chi connectivity index (χ1v) is 8.77. The number of fused-ring (bicyclic) bond motifs is 1. The van der Waals surface area contributed by atoms with Crippen LogP contribution in [0.15, 0.2) is 47.4 Å². The van der Waals surface area contributed by atoms with Gasteiger partial charge in [0.1, 0.15) is 12.7 Å². The van der Waals surface area contributed by atoms with Crippen molar-refractivity contribution in [3.63, 3.8) is 0 Å². The molecule has 2 aromatic rings. The van der Waals surface area contributed by atoms with Crippen molar-refractivity contribution in [3.05, 3.63) is 48.0 Å². The summed E-state index contributed by atoms with van der Waals surface area (Å²) in [5.74, 6) is -1.14. The molecule has 1 heterocycles. The average Bonchev–Trinajstić information content (AvgIpc) is 2.60. The number of hydrogen-bond acceptors (Lipinski definition) is 6. The summed E-state index contributed by atoms with van der Waals surface area (Å²) < 4.78 is 38.1. The van der Waals surface area contributed by atoms with E-state index in [0.29, 0.717) is 11.5 Å². The maximum atomic E-state index is 12.3. The van der Waals surface area contributed by atoms with Crippen LogP contribution in [0.25, 0.3) is 0 Å². The van der Waals surface area contributed by atoms with Crippen LogP contribution in [0.4, 0.5) is 0 Å². The predicted octanol–water partition coefficient (Wildman–Crippen LogP) is 0.577. The van der Waals surface area contributed by atoms with Crippen LogP contribution in [-0.2, 0) is 10.0 Å².